The zero-order valence-electron chi connectivity index (χ0n) is 15.8. The van der Waals surface area contributed by atoms with Crippen LogP contribution in [0, 0.1) is 11.8 Å². The molecule has 4 rings (SSSR count). The maximum atomic E-state index is 13.2. The highest BCUT2D eigenvalue weighted by Gasteiger charge is 2.44. The van der Waals surface area contributed by atoms with Gasteiger partial charge in [0.1, 0.15) is 6.04 Å². The van der Waals surface area contributed by atoms with Crippen molar-refractivity contribution in [3.8, 4) is 0 Å². The van der Waals surface area contributed by atoms with Crippen LogP contribution in [0.3, 0.4) is 0 Å². The molecule has 2 bridgehead atoms. The fourth-order valence-electron chi connectivity index (χ4n) is 5.58. The van der Waals surface area contributed by atoms with E-state index in [0.717, 1.165) is 43.6 Å². The summed E-state index contributed by atoms with van der Waals surface area (Å²) in [4.78, 5) is 25.9. The van der Waals surface area contributed by atoms with Gasteiger partial charge >= 0.3 is 0 Å². The standard InChI is InChI=1S/C22H30N2O3/c25-14-19(20(26)23-18-13-15-8-9-16(18)12-15)24-21(27)22(10-4-5-11-22)17-6-2-1-3-7-17/h1-3,6-7,15-16,18-19,25H,4-5,8-14H2,(H,23,26)(H,24,27). The minimum atomic E-state index is -0.877. The first-order chi connectivity index (χ1) is 13.1. The topological polar surface area (TPSA) is 78.4 Å². The average Bonchev–Trinajstić information content (AvgIpc) is 3.43. The smallest absolute Gasteiger partial charge is 0.245 e. The normalized spacial score (nSPS) is 29.4. The van der Waals surface area contributed by atoms with Crippen LogP contribution in [-0.4, -0.2) is 35.6 Å². The molecule has 3 aliphatic rings. The molecule has 3 saturated carbocycles. The van der Waals surface area contributed by atoms with Crippen molar-refractivity contribution < 1.29 is 14.7 Å². The number of rotatable bonds is 6. The van der Waals surface area contributed by atoms with E-state index in [1.807, 2.05) is 30.3 Å². The number of carbonyl (C=O) groups excluding carboxylic acids is 2. The second-order valence-electron chi connectivity index (χ2n) is 8.65. The van der Waals surface area contributed by atoms with Gasteiger partial charge < -0.3 is 15.7 Å². The van der Waals surface area contributed by atoms with Gasteiger partial charge in [-0.2, -0.15) is 0 Å². The molecule has 1 aromatic carbocycles. The summed E-state index contributed by atoms with van der Waals surface area (Å²) >= 11 is 0. The first kappa shape index (κ1) is 18.5. The molecule has 0 aliphatic heterocycles. The number of aliphatic hydroxyl groups is 1. The van der Waals surface area contributed by atoms with Gasteiger partial charge in [0.15, 0.2) is 0 Å². The quantitative estimate of drug-likeness (QED) is 0.719. The van der Waals surface area contributed by atoms with Crippen LogP contribution in [-0.2, 0) is 15.0 Å². The molecule has 3 N–H and O–H groups in total. The van der Waals surface area contributed by atoms with E-state index < -0.39 is 11.5 Å². The van der Waals surface area contributed by atoms with Crippen LogP contribution in [0.1, 0.15) is 56.9 Å². The van der Waals surface area contributed by atoms with Gasteiger partial charge in [-0.3, -0.25) is 9.59 Å². The monoisotopic (exact) mass is 370 g/mol. The van der Waals surface area contributed by atoms with E-state index in [1.54, 1.807) is 0 Å². The number of hydrogen-bond acceptors (Lipinski definition) is 3. The second kappa shape index (κ2) is 7.63. The number of aliphatic hydroxyl groups excluding tert-OH is 1. The molecular weight excluding hydrogens is 340 g/mol. The van der Waals surface area contributed by atoms with Crippen molar-refractivity contribution >= 4 is 11.8 Å². The third-order valence-electron chi connectivity index (χ3n) is 7.09. The van der Waals surface area contributed by atoms with Crippen molar-refractivity contribution in [2.75, 3.05) is 6.61 Å². The Labute approximate surface area is 160 Å². The Balaban J connectivity index is 1.44. The second-order valence-corrected chi connectivity index (χ2v) is 8.65. The van der Waals surface area contributed by atoms with Crippen LogP contribution < -0.4 is 10.6 Å². The first-order valence-corrected chi connectivity index (χ1v) is 10.4. The van der Waals surface area contributed by atoms with Crippen molar-refractivity contribution in [2.24, 2.45) is 11.8 Å². The number of benzene rings is 1. The molecule has 1 aromatic rings. The van der Waals surface area contributed by atoms with Crippen LogP contribution in [0.25, 0.3) is 0 Å². The number of hydrogen-bond donors (Lipinski definition) is 3. The highest BCUT2D eigenvalue weighted by Crippen LogP contribution is 2.44. The number of carbonyl (C=O) groups is 2. The van der Waals surface area contributed by atoms with Crippen molar-refractivity contribution in [1.29, 1.82) is 0 Å². The highest BCUT2D eigenvalue weighted by atomic mass is 16.3. The highest BCUT2D eigenvalue weighted by molar-refractivity contribution is 5.93. The van der Waals surface area contributed by atoms with Gasteiger partial charge in [-0.25, -0.2) is 0 Å². The van der Waals surface area contributed by atoms with Crippen LogP contribution >= 0.6 is 0 Å². The number of amides is 2. The van der Waals surface area contributed by atoms with E-state index in [9.17, 15) is 14.7 Å². The molecule has 4 atom stereocenters. The molecule has 5 heteroatoms. The van der Waals surface area contributed by atoms with Gasteiger partial charge in [0.05, 0.1) is 12.0 Å². The predicted octanol–water partition coefficient (Wildman–Crippen LogP) is 2.28. The Bertz CT molecular complexity index is 684. The maximum absolute atomic E-state index is 13.2. The van der Waals surface area contributed by atoms with E-state index in [0.29, 0.717) is 5.92 Å². The molecular formula is C22H30N2O3. The molecule has 2 amide bonds. The lowest BCUT2D eigenvalue weighted by molar-refractivity contribution is -0.133. The van der Waals surface area contributed by atoms with Gasteiger partial charge in [0.25, 0.3) is 0 Å². The molecule has 4 unspecified atom stereocenters. The molecule has 3 fully saturated rings. The molecule has 0 saturated heterocycles. The Morgan fingerprint density at radius 1 is 1.11 bits per heavy atom. The molecule has 0 aromatic heterocycles. The van der Waals surface area contributed by atoms with E-state index in [2.05, 4.69) is 10.6 Å². The lowest BCUT2D eigenvalue weighted by atomic mass is 9.78. The fourth-order valence-corrected chi connectivity index (χ4v) is 5.58. The Hall–Kier alpha value is -1.88. The summed E-state index contributed by atoms with van der Waals surface area (Å²) in [5.74, 6) is 0.930. The molecule has 5 nitrogen and oxygen atoms in total. The minimum Gasteiger partial charge on any atom is -0.394 e. The van der Waals surface area contributed by atoms with E-state index >= 15 is 0 Å². The predicted molar refractivity (Wildman–Crippen MR) is 103 cm³/mol. The lowest BCUT2D eigenvalue weighted by Gasteiger charge is -2.31. The summed E-state index contributed by atoms with van der Waals surface area (Å²) in [6, 6.07) is 9.17. The average molecular weight is 370 g/mol. The number of nitrogens with one attached hydrogen (secondary N) is 2. The molecule has 3 aliphatic carbocycles. The Morgan fingerprint density at radius 3 is 2.44 bits per heavy atom. The fraction of sp³-hybridized carbons (Fsp3) is 0.636. The zero-order valence-corrected chi connectivity index (χ0v) is 15.8. The molecule has 0 heterocycles. The van der Waals surface area contributed by atoms with Gasteiger partial charge in [0, 0.05) is 6.04 Å². The third-order valence-corrected chi connectivity index (χ3v) is 7.09. The SMILES string of the molecule is O=C(NC1CC2CCC1C2)C(CO)NC(=O)C1(c2ccccc2)CCCC1. The van der Waals surface area contributed by atoms with Crippen LogP contribution in [0.2, 0.25) is 0 Å². The molecule has 146 valence electrons. The van der Waals surface area contributed by atoms with Crippen molar-refractivity contribution in [1.82, 2.24) is 10.6 Å². The summed E-state index contributed by atoms with van der Waals surface area (Å²) in [7, 11) is 0. The van der Waals surface area contributed by atoms with Crippen LogP contribution in [0.4, 0.5) is 0 Å². The van der Waals surface area contributed by atoms with Gasteiger partial charge in [-0.05, 0) is 49.5 Å². The van der Waals surface area contributed by atoms with Crippen LogP contribution in [0.15, 0.2) is 30.3 Å². The Kier molecular flexibility index (Phi) is 5.22. The van der Waals surface area contributed by atoms with Crippen molar-refractivity contribution in [3.05, 3.63) is 35.9 Å². The van der Waals surface area contributed by atoms with Crippen molar-refractivity contribution in [2.45, 2.75) is 68.9 Å². The molecule has 27 heavy (non-hydrogen) atoms. The minimum absolute atomic E-state index is 0.131. The van der Waals surface area contributed by atoms with Crippen molar-refractivity contribution in [3.63, 3.8) is 0 Å². The van der Waals surface area contributed by atoms with E-state index in [-0.39, 0.29) is 24.5 Å². The largest absolute Gasteiger partial charge is 0.394 e. The summed E-state index contributed by atoms with van der Waals surface area (Å²) in [6.07, 6.45) is 8.28. The van der Waals surface area contributed by atoms with E-state index in [1.165, 1.54) is 19.3 Å². The lowest BCUT2D eigenvalue weighted by Crippen LogP contribution is -2.56. The van der Waals surface area contributed by atoms with Crippen LogP contribution in [0.5, 0.6) is 0 Å². The first-order valence-electron chi connectivity index (χ1n) is 10.4. The molecule has 0 spiro atoms. The summed E-state index contributed by atoms with van der Waals surface area (Å²) in [5.41, 5.74) is 0.423. The summed E-state index contributed by atoms with van der Waals surface area (Å²) < 4.78 is 0. The third kappa shape index (κ3) is 3.49. The Morgan fingerprint density at radius 2 is 1.85 bits per heavy atom. The van der Waals surface area contributed by atoms with E-state index in [4.69, 9.17) is 0 Å². The van der Waals surface area contributed by atoms with Gasteiger partial charge in [-0.1, -0.05) is 49.6 Å². The van der Waals surface area contributed by atoms with Gasteiger partial charge in [0.2, 0.25) is 11.8 Å². The maximum Gasteiger partial charge on any atom is 0.245 e. The zero-order chi connectivity index (χ0) is 18.9. The summed E-state index contributed by atoms with van der Waals surface area (Å²) in [6.45, 7) is -0.372. The van der Waals surface area contributed by atoms with Gasteiger partial charge in [-0.15, -0.1) is 0 Å². The molecule has 0 radical (unpaired) electrons. The summed E-state index contributed by atoms with van der Waals surface area (Å²) in [5, 5.41) is 15.7. The number of fused-ring (bicyclic) bond motifs is 2.